The van der Waals surface area contributed by atoms with Crippen molar-refractivity contribution in [1.29, 1.82) is 0 Å². The van der Waals surface area contributed by atoms with E-state index >= 15 is 0 Å². The molecule has 0 spiro atoms. The highest BCUT2D eigenvalue weighted by atomic mass is 16.2. The second-order valence-corrected chi connectivity index (χ2v) is 7.33. The van der Waals surface area contributed by atoms with Crippen LogP contribution < -0.4 is 10.2 Å². The van der Waals surface area contributed by atoms with Gasteiger partial charge in [-0.1, -0.05) is 26.0 Å². The lowest BCUT2D eigenvalue weighted by Gasteiger charge is -2.28. The van der Waals surface area contributed by atoms with Crippen molar-refractivity contribution in [3.63, 3.8) is 0 Å². The summed E-state index contributed by atoms with van der Waals surface area (Å²) in [6.45, 7) is 5.04. The molecule has 0 radical (unpaired) electrons. The number of carbonyl (C=O) groups excluding carboxylic acids is 4. The molecular weight excluding hydrogens is 370 g/mol. The minimum absolute atomic E-state index is 0.104. The summed E-state index contributed by atoms with van der Waals surface area (Å²) in [6, 6.07) is 12.4. The molecule has 1 aliphatic heterocycles. The van der Waals surface area contributed by atoms with Gasteiger partial charge < -0.3 is 10.2 Å². The van der Waals surface area contributed by atoms with E-state index in [1.165, 1.54) is 11.8 Å². The first kappa shape index (κ1) is 20.3. The normalized spacial score (nSPS) is 14.0. The smallest absolute Gasteiger partial charge is 0.262 e. The van der Waals surface area contributed by atoms with Gasteiger partial charge in [0.25, 0.3) is 11.8 Å². The number of rotatable bonds is 5. The van der Waals surface area contributed by atoms with E-state index in [-0.39, 0.29) is 11.8 Å². The molecule has 1 aliphatic rings. The summed E-state index contributed by atoms with van der Waals surface area (Å²) >= 11 is 0. The first-order chi connectivity index (χ1) is 13.7. The predicted molar refractivity (Wildman–Crippen MR) is 110 cm³/mol. The van der Waals surface area contributed by atoms with Crippen molar-refractivity contribution >= 4 is 35.0 Å². The van der Waals surface area contributed by atoms with Crippen molar-refractivity contribution in [3.05, 3.63) is 59.7 Å². The Morgan fingerprint density at radius 2 is 1.45 bits per heavy atom. The molecule has 29 heavy (non-hydrogen) atoms. The van der Waals surface area contributed by atoms with E-state index in [9.17, 15) is 19.2 Å². The van der Waals surface area contributed by atoms with Crippen molar-refractivity contribution in [2.45, 2.75) is 26.8 Å². The maximum atomic E-state index is 13.0. The van der Waals surface area contributed by atoms with Crippen LogP contribution in [0.3, 0.4) is 0 Å². The van der Waals surface area contributed by atoms with Crippen LogP contribution in [0.5, 0.6) is 0 Å². The van der Waals surface area contributed by atoms with Gasteiger partial charge in [-0.05, 0) is 42.3 Å². The maximum Gasteiger partial charge on any atom is 0.262 e. The number of benzene rings is 2. The number of amides is 4. The Morgan fingerprint density at radius 1 is 0.931 bits per heavy atom. The van der Waals surface area contributed by atoms with Crippen molar-refractivity contribution in [1.82, 2.24) is 4.90 Å². The molecule has 1 N–H and O–H groups in total. The average molecular weight is 393 g/mol. The summed E-state index contributed by atoms with van der Waals surface area (Å²) in [7, 11) is 1.66. The highest BCUT2D eigenvalue weighted by Gasteiger charge is 2.43. The van der Waals surface area contributed by atoms with Crippen LogP contribution in [0, 0.1) is 5.92 Å². The van der Waals surface area contributed by atoms with E-state index in [0.717, 1.165) is 4.90 Å². The lowest BCUT2D eigenvalue weighted by atomic mass is 10.0. The number of fused-ring (bicyclic) bond motifs is 1. The van der Waals surface area contributed by atoms with E-state index in [2.05, 4.69) is 5.32 Å². The molecule has 2 aromatic rings. The monoisotopic (exact) mass is 393 g/mol. The van der Waals surface area contributed by atoms with E-state index in [1.54, 1.807) is 69.4 Å². The fraction of sp³-hybridized carbons (Fsp3) is 0.273. The van der Waals surface area contributed by atoms with Gasteiger partial charge >= 0.3 is 0 Å². The van der Waals surface area contributed by atoms with Gasteiger partial charge in [-0.2, -0.15) is 0 Å². The fourth-order valence-electron chi connectivity index (χ4n) is 3.35. The molecule has 0 saturated heterocycles. The summed E-state index contributed by atoms with van der Waals surface area (Å²) in [5, 5.41) is 2.78. The van der Waals surface area contributed by atoms with Gasteiger partial charge in [0.15, 0.2) is 0 Å². The Balaban J connectivity index is 1.82. The predicted octanol–water partition coefficient (Wildman–Crippen LogP) is 2.93. The SMILES string of the molecule is CC(=O)N(C)c1ccc(NC(=O)[C@@H](C(C)C)N2C(=O)c3ccccc3C2=O)cc1. The zero-order valence-electron chi connectivity index (χ0n) is 16.8. The highest BCUT2D eigenvalue weighted by Crippen LogP contribution is 2.28. The second kappa shape index (κ2) is 7.87. The lowest BCUT2D eigenvalue weighted by molar-refractivity contribution is -0.121. The van der Waals surface area contributed by atoms with Crippen molar-refractivity contribution < 1.29 is 19.2 Å². The third-order valence-corrected chi connectivity index (χ3v) is 5.00. The van der Waals surface area contributed by atoms with Crippen LogP contribution in [-0.2, 0) is 9.59 Å². The summed E-state index contributed by atoms with van der Waals surface area (Å²) < 4.78 is 0. The summed E-state index contributed by atoms with van der Waals surface area (Å²) in [5.41, 5.74) is 1.83. The van der Waals surface area contributed by atoms with Gasteiger partial charge in [0, 0.05) is 25.3 Å². The first-order valence-corrected chi connectivity index (χ1v) is 9.34. The molecule has 0 bridgehead atoms. The summed E-state index contributed by atoms with van der Waals surface area (Å²) in [4.78, 5) is 52.5. The highest BCUT2D eigenvalue weighted by molar-refractivity contribution is 6.23. The minimum atomic E-state index is -0.943. The minimum Gasteiger partial charge on any atom is -0.324 e. The molecule has 4 amide bonds. The molecule has 7 heteroatoms. The van der Waals surface area contributed by atoms with Crippen LogP contribution in [-0.4, -0.2) is 41.6 Å². The molecule has 3 rings (SSSR count). The Bertz CT molecular complexity index is 947. The fourth-order valence-corrected chi connectivity index (χ4v) is 3.35. The van der Waals surface area contributed by atoms with Gasteiger partial charge in [0.05, 0.1) is 11.1 Å². The molecule has 1 heterocycles. The van der Waals surface area contributed by atoms with Crippen LogP contribution in [0.2, 0.25) is 0 Å². The number of nitrogens with one attached hydrogen (secondary N) is 1. The summed E-state index contributed by atoms with van der Waals surface area (Å²) in [5.74, 6) is -1.74. The number of hydrogen-bond donors (Lipinski definition) is 1. The Hall–Kier alpha value is -3.48. The molecule has 0 aliphatic carbocycles. The first-order valence-electron chi connectivity index (χ1n) is 9.34. The molecule has 0 aromatic heterocycles. The Labute approximate surface area is 169 Å². The number of hydrogen-bond acceptors (Lipinski definition) is 4. The lowest BCUT2D eigenvalue weighted by Crippen LogP contribution is -2.50. The maximum absolute atomic E-state index is 13.0. The molecule has 0 saturated carbocycles. The van der Waals surface area contributed by atoms with E-state index in [4.69, 9.17) is 0 Å². The standard InChI is InChI=1S/C22H23N3O4/c1-13(2)19(25-21(28)17-7-5-6-8-18(17)22(25)29)20(27)23-15-9-11-16(12-10-15)24(4)14(3)26/h5-13,19H,1-4H3,(H,23,27)/t19-/m1/s1. The third-order valence-electron chi connectivity index (χ3n) is 5.00. The second-order valence-electron chi connectivity index (χ2n) is 7.33. The van der Waals surface area contributed by atoms with Crippen LogP contribution in [0.1, 0.15) is 41.5 Å². The van der Waals surface area contributed by atoms with Gasteiger partial charge in [-0.15, -0.1) is 0 Å². The molecule has 150 valence electrons. The molecule has 7 nitrogen and oxygen atoms in total. The van der Waals surface area contributed by atoms with E-state index in [1.807, 2.05) is 0 Å². The Morgan fingerprint density at radius 3 is 1.90 bits per heavy atom. The van der Waals surface area contributed by atoms with Crippen molar-refractivity contribution in [3.8, 4) is 0 Å². The largest absolute Gasteiger partial charge is 0.324 e. The number of nitrogens with zero attached hydrogens (tertiary/aromatic N) is 2. The number of carbonyl (C=O) groups is 4. The quantitative estimate of drug-likeness (QED) is 0.792. The van der Waals surface area contributed by atoms with Gasteiger partial charge in [-0.3, -0.25) is 24.1 Å². The van der Waals surface area contributed by atoms with Crippen LogP contribution in [0.4, 0.5) is 11.4 Å². The van der Waals surface area contributed by atoms with E-state index in [0.29, 0.717) is 22.5 Å². The molecule has 0 fully saturated rings. The topological polar surface area (TPSA) is 86.8 Å². The van der Waals surface area contributed by atoms with Crippen LogP contribution in [0.25, 0.3) is 0 Å². The molecule has 0 unspecified atom stereocenters. The molecule has 2 aromatic carbocycles. The molecule has 1 atom stereocenters. The average Bonchev–Trinajstić information content (AvgIpc) is 2.93. The number of imide groups is 1. The van der Waals surface area contributed by atoms with Crippen molar-refractivity contribution in [2.24, 2.45) is 5.92 Å². The number of anilines is 2. The zero-order chi connectivity index (χ0) is 21.3. The molecular formula is C22H23N3O4. The van der Waals surface area contributed by atoms with Crippen LogP contribution >= 0.6 is 0 Å². The zero-order valence-corrected chi connectivity index (χ0v) is 16.8. The third kappa shape index (κ3) is 3.76. The summed E-state index contributed by atoms with van der Waals surface area (Å²) in [6.07, 6.45) is 0. The van der Waals surface area contributed by atoms with Gasteiger partial charge in [0.1, 0.15) is 6.04 Å². The van der Waals surface area contributed by atoms with Crippen molar-refractivity contribution in [2.75, 3.05) is 17.3 Å². The van der Waals surface area contributed by atoms with Gasteiger partial charge in [-0.25, -0.2) is 0 Å². The Kier molecular flexibility index (Phi) is 5.50. The van der Waals surface area contributed by atoms with Gasteiger partial charge in [0.2, 0.25) is 11.8 Å². The van der Waals surface area contributed by atoms with E-state index < -0.39 is 23.8 Å². The van der Waals surface area contributed by atoms with Crippen LogP contribution in [0.15, 0.2) is 48.5 Å².